The first kappa shape index (κ1) is 18.0. The van der Waals surface area contributed by atoms with Crippen molar-refractivity contribution in [1.29, 1.82) is 0 Å². The molecule has 6 heteroatoms. The molecule has 24 heavy (non-hydrogen) atoms. The number of aromatic amines is 1. The van der Waals surface area contributed by atoms with Crippen LogP contribution in [0.15, 0.2) is 46.4 Å². The summed E-state index contributed by atoms with van der Waals surface area (Å²) in [5.41, 5.74) is 2.05. The van der Waals surface area contributed by atoms with E-state index in [0.717, 1.165) is 5.56 Å². The molecular formula is C18H20N2O3S. The van der Waals surface area contributed by atoms with Crippen molar-refractivity contribution in [1.82, 2.24) is 9.97 Å². The highest BCUT2D eigenvalue weighted by molar-refractivity contribution is 7.98. The lowest BCUT2D eigenvalue weighted by Gasteiger charge is -2.06. The predicted octanol–water partition coefficient (Wildman–Crippen LogP) is 2.99. The van der Waals surface area contributed by atoms with Gasteiger partial charge in [0.1, 0.15) is 6.61 Å². The van der Waals surface area contributed by atoms with Gasteiger partial charge in [-0.25, -0.2) is 4.98 Å². The number of hydrogen-bond donors (Lipinski definition) is 1. The molecule has 1 aromatic carbocycles. The molecule has 0 saturated heterocycles. The summed E-state index contributed by atoms with van der Waals surface area (Å²) in [5.74, 6) is -0.333. The van der Waals surface area contributed by atoms with Crippen molar-refractivity contribution < 1.29 is 9.53 Å². The van der Waals surface area contributed by atoms with Crippen molar-refractivity contribution in [3.05, 3.63) is 63.6 Å². The highest BCUT2D eigenvalue weighted by Gasteiger charge is 2.10. The van der Waals surface area contributed by atoms with Crippen LogP contribution in [0.3, 0.4) is 0 Å². The smallest absolute Gasteiger partial charge is 0.306 e. The maximum atomic E-state index is 12.0. The lowest BCUT2D eigenvalue weighted by atomic mass is 10.1. The van der Waals surface area contributed by atoms with Crippen LogP contribution in [-0.2, 0) is 16.0 Å². The Kier molecular flexibility index (Phi) is 6.81. The van der Waals surface area contributed by atoms with Crippen LogP contribution >= 0.6 is 11.8 Å². The molecule has 2 rings (SSSR count). The fourth-order valence-electron chi connectivity index (χ4n) is 2.16. The van der Waals surface area contributed by atoms with Crippen LogP contribution in [-0.4, -0.2) is 28.8 Å². The standard InChI is InChI=1S/C18H20N2O3S/c1-13-15(17(22)20-18(19-13)24-2)10-11-16(21)23-12-6-9-14-7-4-3-5-8-14/h3-9H,10-12H2,1-2H3,(H,19,20,22)/b9-6+. The first-order valence-electron chi connectivity index (χ1n) is 7.61. The first-order chi connectivity index (χ1) is 11.6. The lowest BCUT2D eigenvalue weighted by molar-refractivity contribution is -0.142. The van der Waals surface area contributed by atoms with E-state index in [1.807, 2.05) is 42.7 Å². The molecule has 0 aliphatic carbocycles. The van der Waals surface area contributed by atoms with Gasteiger partial charge in [0.05, 0.1) is 0 Å². The number of carbonyl (C=O) groups is 1. The molecule has 0 amide bonds. The fourth-order valence-corrected chi connectivity index (χ4v) is 2.59. The minimum Gasteiger partial charge on any atom is -0.461 e. The molecule has 0 aliphatic heterocycles. The van der Waals surface area contributed by atoms with E-state index < -0.39 is 0 Å². The van der Waals surface area contributed by atoms with Crippen LogP contribution in [0.25, 0.3) is 6.08 Å². The lowest BCUT2D eigenvalue weighted by Crippen LogP contribution is -2.18. The largest absolute Gasteiger partial charge is 0.461 e. The average Bonchev–Trinajstić information content (AvgIpc) is 2.58. The van der Waals surface area contributed by atoms with Crippen LogP contribution in [0, 0.1) is 6.92 Å². The van der Waals surface area contributed by atoms with Crippen molar-refractivity contribution in [2.75, 3.05) is 12.9 Å². The second-order valence-corrected chi connectivity index (χ2v) is 5.93. The van der Waals surface area contributed by atoms with Gasteiger partial charge in [0, 0.05) is 17.7 Å². The van der Waals surface area contributed by atoms with Crippen LogP contribution in [0.5, 0.6) is 0 Å². The van der Waals surface area contributed by atoms with E-state index in [1.165, 1.54) is 11.8 Å². The molecule has 0 atom stereocenters. The van der Waals surface area contributed by atoms with Crippen molar-refractivity contribution in [2.45, 2.75) is 24.9 Å². The minimum atomic E-state index is -0.333. The van der Waals surface area contributed by atoms with E-state index >= 15 is 0 Å². The Hall–Kier alpha value is -2.34. The highest BCUT2D eigenvalue weighted by Crippen LogP contribution is 2.09. The van der Waals surface area contributed by atoms with E-state index in [4.69, 9.17) is 4.74 Å². The molecule has 0 aliphatic rings. The van der Waals surface area contributed by atoms with Crippen LogP contribution < -0.4 is 5.56 Å². The molecule has 0 radical (unpaired) electrons. The maximum absolute atomic E-state index is 12.0. The van der Waals surface area contributed by atoms with Crippen LogP contribution in [0.4, 0.5) is 0 Å². The van der Waals surface area contributed by atoms with E-state index in [2.05, 4.69) is 9.97 Å². The highest BCUT2D eigenvalue weighted by atomic mass is 32.2. The summed E-state index contributed by atoms with van der Waals surface area (Å²) in [6.45, 7) is 1.99. The number of aromatic nitrogens is 2. The number of ether oxygens (including phenoxy) is 1. The van der Waals surface area contributed by atoms with Crippen molar-refractivity contribution >= 4 is 23.8 Å². The summed E-state index contributed by atoms with van der Waals surface area (Å²) >= 11 is 1.38. The number of H-pyrrole nitrogens is 1. The van der Waals surface area contributed by atoms with E-state index in [-0.39, 0.29) is 24.6 Å². The first-order valence-corrected chi connectivity index (χ1v) is 8.83. The van der Waals surface area contributed by atoms with Crippen LogP contribution in [0.1, 0.15) is 23.2 Å². The quantitative estimate of drug-likeness (QED) is 0.475. The molecule has 0 unspecified atom stereocenters. The molecule has 5 nitrogen and oxygen atoms in total. The predicted molar refractivity (Wildman–Crippen MR) is 96.1 cm³/mol. The Balaban J connectivity index is 1.81. The van der Waals surface area contributed by atoms with Gasteiger partial charge in [0.15, 0.2) is 5.16 Å². The monoisotopic (exact) mass is 344 g/mol. The average molecular weight is 344 g/mol. The summed E-state index contributed by atoms with van der Waals surface area (Å²) in [6, 6.07) is 9.78. The van der Waals surface area contributed by atoms with E-state index in [9.17, 15) is 9.59 Å². The third-order valence-corrected chi connectivity index (χ3v) is 4.00. The normalized spacial score (nSPS) is 10.9. The Morgan fingerprint density at radius 1 is 1.33 bits per heavy atom. The number of hydrogen-bond acceptors (Lipinski definition) is 5. The van der Waals surface area contributed by atoms with Gasteiger partial charge in [-0.15, -0.1) is 0 Å². The van der Waals surface area contributed by atoms with Gasteiger partial charge in [-0.2, -0.15) is 0 Å². The number of carbonyl (C=O) groups excluding carboxylic acids is 1. The molecule has 1 heterocycles. The Bertz CT molecular complexity index is 770. The molecule has 0 spiro atoms. The summed E-state index contributed by atoms with van der Waals surface area (Å²) in [4.78, 5) is 30.7. The Labute approximate surface area is 145 Å². The van der Waals surface area contributed by atoms with Gasteiger partial charge < -0.3 is 9.72 Å². The van der Waals surface area contributed by atoms with E-state index in [1.54, 1.807) is 13.0 Å². The molecule has 0 saturated carbocycles. The second kappa shape index (κ2) is 9.08. The van der Waals surface area contributed by atoms with Gasteiger partial charge in [-0.3, -0.25) is 9.59 Å². The van der Waals surface area contributed by atoms with Gasteiger partial charge in [-0.1, -0.05) is 48.2 Å². The zero-order chi connectivity index (χ0) is 17.4. The summed E-state index contributed by atoms with van der Waals surface area (Å²) in [6.07, 6.45) is 6.01. The topological polar surface area (TPSA) is 72.0 Å². The van der Waals surface area contributed by atoms with Gasteiger partial charge in [0.25, 0.3) is 5.56 Å². The number of esters is 1. The number of nitrogens with one attached hydrogen (secondary N) is 1. The molecule has 1 aromatic heterocycles. The second-order valence-electron chi connectivity index (χ2n) is 5.14. The summed E-state index contributed by atoms with van der Waals surface area (Å²) in [5, 5.41) is 0.579. The minimum absolute atomic E-state index is 0.156. The number of nitrogens with zero attached hydrogens (tertiary/aromatic N) is 1. The Morgan fingerprint density at radius 2 is 2.08 bits per heavy atom. The van der Waals surface area contributed by atoms with Crippen molar-refractivity contribution in [2.24, 2.45) is 0 Å². The van der Waals surface area contributed by atoms with Gasteiger partial charge in [0.2, 0.25) is 0 Å². The number of rotatable bonds is 7. The summed E-state index contributed by atoms with van der Waals surface area (Å²) in [7, 11) is 0. The molecule has 2 aromatic rings. The number of thioether (sulfide) groups is 1. The maximum Gasteiger partial charge on any atom is 0.306 e. The molecule has 0 fully saturated rings. The van der Waals surface area contributed by atoms with Crippen LogP contribution in [0.2, 0.25) is 0 Å². The molecular weight excluding hydrogens is 324 g/mol. The SMILES string of the molecule is CSc1nc(C)c(CCC(=O)OC/C=C/c2ccccc2)c(=O)[nH]1. The molecule has 0 bridgehead atoms. The third kappa shape index (κ3) is 5.38. The van der Waals surface area contributed by atoms with Crippen molar-refractivity contribution in [3.8, 4) is 0 Å². The summed E-state index contributed by atoms with van der Waals surface area (Å²) < 4.78 is 5.15. The Morgan fingerprint density at radius 3 is 2.75 bits per heavy atom. The zero-order valence-corrected chi connectivity index (χ0v) is 14.6. The number of aryl methyl sites for hydroxylation is 1. The number of benzene rings is 1. The molecule has 1 N–H and O–H groups in total. The molecule has 126 valence electrons. The van der Waals surface area contributed by atoms with Crippen molar-refractivity contribution in [3.63, 3.8) is 0 Å². The fraction of sp³-hybridized carbons (Fsp3) is 0.278. The zero-order valence-electron chi connectivity index (χ0n) is 13.7. The van der Waals surface area contributed by atoms with E-state index in [0.29, 0.717) is 22.8 Å². The van der Waals surface area contributed by atoms with Gasteiger partial charge >= 0.3 is 5.97 Å². The third-order valence-electron chi connectivity index (χ3n) is 3.42. The van der Waals surface area contributed by atoms with Gasteiger partial charge in [-0.05, 0) is 31.2 Å².